The summed E-state index contributed by atoms with van der Waals surface area (Å²) in [5, 5.41) is 5.94. The lowest BCUT2D eigenvalue weighted by Crippen LogP contribution is -2.38. The van der Waals surface area contributed by atoms with E-state index in [1.165, 1.54) is 0 Å². The second-order valence-electron chi connectivity index (χ2n) is 5.71. The molecule has 0 fully saturated rings. The van der Waals surface area contributed by atoms with Crippen molar-refractivity contribution in [2.75, 3.05) is 6.61 Å². The van der Waals surface area contributed by atoms with Crippen molar-refractivity contribution in [2.24, 2.45) is 5.92 Å². The molecule has 1 aromatic carbocycles. The van der Waals surface area contributed by atoms with Crippen LogP contribution >= 0.6 is 11.3 Å². The van der Waals surface area contributed by atoms with E-state index < -0.39 is 0 Å². The molecule has 0 unspecified atom stereocenters. The quantitative estimate of drug-likeness (QED) is 0.884. The molecule has 1 heterocycles. The molecule has 2 rings (SSSR count). The van der Waals surface area contributed by atoms with Gasteiger partial charge in [0.2, 0.25) is 0 Å². The van der Waals surface area contributed by atoms with E-state index >= 15 is 0 Å². The van der Waals surface area contributed by atoms with Crippen LogP contribution in [0.3, 0.4) is 0 Å². The highest BCUT2D eigenvalue weighted by molar-refractivity contribution is 7.13. The molecule has 4 nitrogen and oxygen atoms in total. The van der Waals surface area contributed by atoms with E-state index in [2.05, 4.69) is 24.1 Å². The molecule has 0 spiro atoms. The van der Waals surface area contributed by atoms with Crippen molar-refractivity contribution in [3.05, 3.63) is 35.3 Å². The zero-order valence-corrected chi connectivity index (χ0v) is 14.2. The Morgan fingerprint density at radius 3 is 2.50 bits per heavy atom. The van der Waals surface area contributed by atoms with Crippen LogP contribution in [0.5, 0.6) is 5.75 Å². The number of aromatic nitrogens is 1. The minimum absolute atomic E-state index is 0.0345. The molecule has 1 amide bonds. The van der Waals surface area contributed by atoms with Gasteiger partial charge in [-0.2, -0.15) is 0 Å². The third kappa shape index (κ3) is 4.56. The fourth-order valence-corrected chi connectivity index (χ4v) is 2.60. The first-order valence-corrected chi connectivity index (χ1v) is 8.28. The van der Waals surface area contributed by atoms with E-state index in [0.717, 1.165) is 16.3 Å². The zero-order chi connectivity index (χ0) is 16.1. The van der Waals surface area contributed by atoms with Crippen LogP contribution in [-0.2, 0) is 4.79 Å². The van der Waals surface area contributed by atoms with Crippen LogP contribution in [0.25, 0.3) is 10.6 Å². The van der Waals surface area contributed by atoms with E-state index in [0.29, 0.717) is 11.7 Å². The highest BCUT2D eigenvalue weighted by Crippen LogP contribution is 2.25. The minimum atomic E-state index is -0.0965. The summed E-state index contributed by atoms with van der Waals surface area (Å²) in [4.78, 5) is 16.2. The van der Waals surface area contributed by atoms with Crippen molar-refractivity contribution in [2.45, 2.75) is 33.7 Å². The van der Waals surface area contributed by atoms with Gasteiger partial charge in [-0.1, -0.05) is 13.8 Å². The fourth-order valence-electron chi connectivity index (χ4n) is 1.79. The zero-order valence-electron chi connectivity index (χ0n) is 13.4. The van der Waals surface area contributed by atoms with Gasteiger partial charge in [-0.25, -0.2) is 4.98 Å². The molecule has 1 aromatic heterocycles. The van der Waals surface area contributed by atoms with Crippen LogP contribution in [0, 0.1) is 12.8 Å². The third-order valence-corrected chi connectivity index (χ3v) is 4.49. The monoisotopic (exact) mass is 318 g/mol. The number of thiazole rings is 1. The maximum absolute atomic E-state index is 11.8. The molecule has 0 aliphatic rings. The van der Waals surface area contributed by atoms with Crippen molar-refractivity contribution < 1.29 is 9.53 Å². The molecule has 2 aromatic rings. The largest absolute Gasteiger partial charge is 0.484 e. The molecule has 1 N–H and O–H groups in total. The number of nitrogens with zero attached hydrogens (tertiary/aromatic N) is 1. The molecule has 0 radical (unpaired) electrons. The summed E-state index contributed by atoms with van der Waals surface area (Å²) in [7, 11) is 0. The number of benzene rings is 1. The Hall–Kier alpha value is -1.88. The second-order valence-corrected chi connectivity index (χ2v) is 6.57. The molecule has 0 aliphatic heterocycles. The predicted molar refractivity (Wildman–Crippen MR) is 90.2 cm³/mol. The Labute approximate surface area is 135 Å². The molecule has 1 atom stereocenters. The molecular weight excluding hydrogens is 296 g/mol. The van der Waals surface area contributed by atoms with E-state index in [1.807, 2.05) is 43.5 Å². The predicted octanol–water partition coefficient (Wildman–Crippen LogP) is 3.66. The topological polar surface area (TPSA) is 51.2 Å². The van der Waals surface area contributed by atoms with Crippen LogP contribution in [0.4, 0.5) is 0 Å². The van der Waals surface area contributed by atoms with E-state index in [9.17, 15) is 4.79 Å². The number of carbonyl (C=O) groups excluding carboxylic acids is 1. The molecule has 22 heavy (non-hydrogen) atoms. The molecule has 0 aliphatic carbocycles. The van der Waals surface area contributed by atoms with Crippen LogP contribution in [0.1, 0.15) is 26.5 Å². The number of nitrogens with one attached hydrogen (secondary N) is 1. The first-order chi connectivity index (χ1) is 10.5. The van der Waals surface area contributed by atoms with E-state index in [4.69, 9.17) is 4.74 Å². The van der Waals surface area contributed by atoms with Gasteiger partial charge in [0.05, 0.1) is 0 Å². The first-order valence-electron chi connectivity index (χ1n) is 7.40. The normalized spacial score (nSPS) is 12.2. The Bertz CT molecular complexity index is 620. The van der Waals surface area contributed by atoms with Gasteiger partial charge in [-0.15, -0.1) is 11.3 Å². The van der Waals surface area contributed by atoms with Crippen molar-refractivity contribution in [1.82, 2.24) is 10.3 Å². The number of amides is 1. The Balaban J connectivity index is 1.88. The second kappa shape index (κ2) is 7.40. The van der Waals surface area contributed by atoms with Gasteiger partial charge in [-0.3, -0.25) is 4.79 Å². The molecule has 118 valence electrons. The molecule has 0 saturated carbocycles. The van der Waals surface area contributed by atoms with Gasteiger partial charge in [0.1, 0.15) is 10.8 Å². The summed E-state index contributed by atoms with van der Waals surface area (Å²) >= 11 is 1.62. The smallest absolute Gasteiger partial charge is 0.258 e. The summed E-state index contributed by atoms with van der Waals surface area (Å²) in [5.41, 5.74) is 2.08. The van der Waals surface area contributed by atoms with Crippen molar-refractivity contribution in [1.29, 1.82) is 0 Å². The average molecular weight is 318 g/mol. The van der Waals surface area contributed by atoms with Gasteiger partial charge >= 0.3 is 0 Å². The summed E-state index contributed by atoms with van der Waals surface area (Å²) in [6.45, 7) is 8.16. The Morgan fingerprint density at radius 2 is 1.95 bits per heavy atom. The van der Waals surface area contributed by atoms with Crippen LogP contribution in [-0.4, -0.2) is 23.5 Å². The summed E-state index contributed by atoms with van der Waals surface area (Å²) < 4.78 is 5.52. The summed E-state index contributed by atoms with van der Waals surface area (Å²) in [5.74, 6) is 0.996. The number of aryl methyl sites for hydroxylation is 1. The lowest BCUT2D eigenvalue weighted by molar-refractivity contribution is -0.124. The van der Waals surface area contributed by atoms with Gasteiger partial charge < -0.3 is 10.1 Å². The summed E-state index contributed by atoms with van der Waals surface area (Å²) in [6.07, 6.45) is 0. The maximum atomic E-state index is 11.8. The van der Waals surface area contributed by atoms with Crippen molar-refractivity contribution >= 4 is 17.2 Å². The molecule has 5 heteroatoms. The SMILES string of the molecule is Cc1csc(-c2ccc(OCC(=O)N[C@H](C)C(C)C)cc2)n1. The van der Waals surface area contributed by atoms with Crippen molar-refractivity contribution in [3.8, 4) is 16.3 Å². The molecule has 0 bridgehead atoms. The minimum Gasteiger partial charge on any atom is -0.484 e. The van der Waals surface area contributed by atoms with Crippen LogP contribution < -0.4 is 10.1 Å². The number of hydrogen-bond donors (Lipinski definition) is 1. The highest BCUT2D eigenvalue weighted by Gasteiger charge is 2.11. The average Bonchev–Trinajstić information content (AvgIpc) is 2.92. The maximum Gasteiger partial charge on any atom is 0.258 e. The van der Waals surface area contributed by atoms with Crippen molar-refractivity contribution in [3.63, 3.8) is 0 Å². The molecular formula is C17H22N2O2S. The van der Waals surface area contributed by atoms with Crippen LogP contribution in [0.15, 0.2) is 29.6 Å². The van der Waals surface area contributed by atoms with Gasteiger partial charge in [0.25, 0.3) is 5.91 Å². The van der Waals surface area contributed by atoms with Gasteiger partial charge in [0, 0.05) is 22.7 Å². The van der Waals surface area contributed by atoms with Crippen LogP contribution in [0.2, 0.25) is 0 Å². The molecule has 0 saturated heterocycles. The Morgan fingerprint density at radius 1 is 1.27 bits per heavy atom. The fraction of sp³-hybridized carbons (Fsp3) is 0.412. The van der Waals surface area contributed by atoms with Gasteiger partial charge in [0.15, 0.2) is 6.61 Å². The standard InChI is InChI=1S/C17H22N2O2S/c1-11(2)13(4)19-16(20)9-21-15-7-5-14(6-8-15)17-18-12(3)10-22-17/h5-8,10-11,13H,9H2,1-4H3,(H,19,20)/t13-/m1/s1. The number of ether oxygens (including phenoxy) is 1. The van der Waals surface area contributed by atoms with Gasteiger partial charge in [-0.05, 0) is 44.0 Å². The number of hydrogen-bond acceptors (Lipinski definition) is 4. The van der Waals surface area contributed by atoms with E-state index in [1.54, 1.807) is 11.3 Å². The lowest BCUT2D eigenvalue weighted by atomic mass is 10.1. The Kier molecular flexibility index (Phi) is 5.55. The third-order valence-electron chi connectivity index (χ3n) is 3.48. The summed E-state index contributed by atoms with van der Waals surface area (Å²) in [6, 6.07) is 7.80. The first kappa shape index (κ1) is 16.5. The lowest BCUT2D eigenvalue weighted by Gasteiger charge is -2.17. The number of rotatable bonds is 6. The van der Waals surface area contributed by atoms with E-state index in [-0.39, 0.29) is 18.6 Å². The number of carbonyl (C=O) groups is 1. The highest BCUT2D eigenvalue weighted by atomic mass is 32.1.